The Labute approximate surface area is 102 Å². The lowest BCUT2D eigenvalue weighted by Gasteiger charge is -2.18. The van der Waals surface area contributed by atoms with Gasteiger partial charge < -0.3 is 5.32 Å². The zero-order chi connectivity index (χ0) is 12.3. The van der Waals surface area contributed by atoms with Crippen molar-refractivity contribution in [1.82, 2.24) is 14.8 Å². The molecule has 4 nitrogen and oxygen atoms in total. The highest BCUT2D eigenvalue weighted by Crippen LogP contribution is 2.15. The lowest BCUT2D eigenvalue weighted by molar-refractivity contribution is 0.560. The fraction of sp³-hybridized carbons (Fsp3) is 0.385. The molecule has 0 radical (unpaired) electrons. The van der Waals surface area contributed by atoms with E-state index in [1.165, 1.54) is 6.33 Å². The average molecular weight is 230 g/mol. The van der Waals surface area contributed by atoms with Crippen molar-refractivity contribution in [3.63, 3.8) is 0 Å². The highest BCUT2D eigenvalue weighted by molar-refractivity contribution is 5.48. The van der Waals surface area contributed by atoms with Crippen LogP contribution in [-0.2, 0) is 0 Å². The van der Waals surface area contributed by atoms with Crippen molar-refractivity contribution in [2.75, 3.05) is 5.32 Å². The van der Waals surface area contributed by atoms with E-state index >= 15 is 0 Å². The van der Waals surface area contributed by atoms with Gasteiger partial charge in [-0.05, 0) is 37.1 Å². The maximum atomic E-state index is 4.09. The van der Waals surface area contributed by atoms with Gasteiger partial charge in [0.1, 0.15) is 12.7 Å². The van der Waals surface area contributed by atoms with E-state index in [0.29, 0.717) is 12.0 Å². The molecule has 1 N–H and O–H groups in total. The van der Waals surface area contributed by atoms with E-state index < -0.39 is 0 Å². The third kappa shape index (κ3) is 2.84. The fourth-order valence-electron chi connectivity index (χ4n) is 1.48. The minimum atomic E-state index is 0.465. The topological polar surface area (TPSA) is 42.7 Å². The smallest absolute Gasteiger partial charge is 0.138 e. The van der Waals surface area contributed by atoms with Crippen molar-refractivity contribution in [1.29, 1.82) is 0 Å². The molecule has 1 heterocycles. The summed E-state index contributed by atoms with van der Waals surface area (Å²) in [4.78, 5) is 3.93. The Kier molecular flexibility index (Phi) is 3.42. The first-order valence-electron chi connectivity index (χ1n) is 5.88. The zero-order valence-electron chi connectivity index (χ0n) is 10.5. The summed E-state index contributed by atoms with van der Waals surface area (Å²) in [6, 6.07) is 8.66. The van der Waals surface area contributed by atoms with Crippen molar-refractivity contribution in [3.8, 4) is 5.69 Å². The lowest BCUT2D eigenvalue weighted by atomic mass is 10.1. The van der Waals surface area contributed by atoms with Gasteiger partial charge in [-0.25, -0.2) is 9.67 Å². The number of hydrogen-bond donors (Lipinski definition) is 1. The first-order chi connectivity index (χ1) is 8.16. The van der Waals surface area contributed by atoms with Crippen LogP contribution in [0, 0.1) is 5.92 Å². The molecule has 0 fully saturated rings. The van der Waals surface area contributed by atoms with Gasteiger partial charge in [0.2, 0.25) is 0 Å². The summed E-state index contributed by atoms with van der Waals surface area (Å²) < 4.78 is 1.75. The standard InChI is InChI=1S/C13H18N4/c1-10(2)11(3)16-12-4-6-13(7-5-12)17-9-14-8-15-17/h4-11,16H,1-3H3. The van der Waals surface area contributed by atoms with E-state index in [0.717, 1.165) is 11.4 Å². The van der Waals surface area contributed by atoms with Crippen LogP contribution in [0.5, 0.6) is 0 Å². The van der Waals surface area contributed by atoms with Gasteiger partial charge in [0.25, 0.3) is 0 Å². The van der Waals surface area contributed by atoms with Crippen LogP contribution in [0.2, 0.25) is 0 Å². The minimum absolute atomic E-state index is 0.465. The van der Waals surface area contributed by atoms with Gasteiger partial charge >= 0.3 is 0 Å². The Bertz CT molecular complexity index is 445. The molecule has 0 saturated carbocycles. The molecule has 1 atom stereocenters. The summed E-state index contributed by atoms with van der Waals surface area (Å²) in [5.74, 6) is 0.616. The van der Waals surface area contributed by atoms with Crippen LogP contribution in [-0.4, -0.2) is 20.8 Å². The van der Waals surface area contributed by atoms with Crippen molar-refractivity contribution >= 4 is 5.69 Å². The number of benzene rings is 1. The molecule has 1 aromatic heterocycles. The van der Waals surface area contributed by atoms with E-state index in [-0.39, 0.29) is 0 Å². The summed E-state index contributed by atoms with van der Waals surface area (Å²) in [6.45, 7) is 6.61. The molecule has 2 aromatic rings. The third-order valence-electron chi connectivity index (χ3n) is 2.94. The third-order valence-corrected chi connectivity index (χ3v) is 2.94. The van der Waals surface area contributed by atoms with Crippen LogP contribution in [0.3, 0.4) is 0 Å². The summed E-state index contributed by atoms with van der Waals surface area (Å²) in [5, 5.41) is 7.56. The quantitative estimate of drug-likeness (QED) is 0.878. The van der Waals surface area contributed by atoms with Crippen LogP contribution in [0.4, 0.5) is 5.69 Å². The molecule has 1 unspecified atom stereocenters. The predicted molar refractivity (Wildman–Crippen MR) is 69.3 cm³/mol. The van der Waals surface area contributed by atoms with Gasteiger partial charge in [-0.15, -0.1) is 0 Å². The molecule has 17 heavy (non-hydrogen) atoms. The van der Waals surface area contributed by atoms with E-state index in [4.69, 9.17) is 0 Å². The molecule has 1 aromatic carbocycles. The van der Waals surface area contributed by atoms with Crippen LogP contribution in [0.15, 0.2) is 36.9 Å². The second-order valence-electron chi connectivity index (χ2n) is 4.56. The number of rotatable bonds is 4. The maximum absolute atomic E-state index is 4.09. The first-order valence-corrected chi connectivity index (χ1v) is 5.88. The number of anilines is 1. The van der Waals surface area contributed by atoms with Crippen LogP contribution in [0.1, 0.15) is 20.8 Å². The summed E-state index contributed by atoms with van der Waals surface area (Å²) in [5.41, 5.74) is 2.15. The molecule has 2 rings (SSSR count). The second kappa shape index (κ2) is 4.99. The van der Waals surface area contributed by atoms with Crippen LogP contribution >= 0.6 is 0 Å². The molecular formula is C13H18N4. The summed E-state index contributed by atoms with van der Waals surface area (Å²) >= 11 is 0. The number of hydrogen-bond acceptors (Lipinski definition) is 3. The van der Waals surface area contributed by atoms with E-state index in [9.17, 15) is 0 Å². The van der Waals surface area contributed by atoms with Gasteiger partial charge in [-0.2, -0.15) is 5.10 Å². The largest absolute Gasteiger partial charge is 0.382 e. The van der Waals surface area contributed by atoms with Crippen molar-refractivity contribution in [2.45, 2.75) is 26.8 Å². The monoisotopic (exact) mass is 230 g/mol. The molecule has 0 aliphatic carbocycles. The Hall–Kier alpha value is -1.84. The van der Waals surface area contributed by atoms with Crippen molar-refractivity contribution < 1.29 is 0 Å². The molecule has 0 saturated heterocycles. The van der Waals surface area contributed by atoms with E-state index in [1.54, 1.807) is 11.0 Å². The Balaban J connectivity index is 2.08. The normalized spacial score (nSPS) is 12.7. The minimum Gasteiger partial charge on any atom is -0.382 e. The predicted octanol–water partition coefficient (Wildman–Crippen LogP) is 2.72. The maximum Gasteiger partial charge on any atom is 0.138 e. The number of nitrogens with zero attached hydrogens (tertiary/aromatic N) is 3. The molecule has 0 amide bonds. The summed E-state index contributed by atoms with van der Waals surface area (Å²) in [7, 11) is 0. The van der Waals surface area contributed by atoms with Gasteiger partial charge in [0.15, 0.2) is 0 Å². The molecule has 90 valence electrons. The molecule has 0 aliphatic rings. The Morgan fingerprint density at radius 1 is 1.12 bits per heavy atom. The Morgan fingerprint density at radius 2 is 1.82 bits per heavy atom. The fourth-order valence-corrected chi connectivity index (χ4v) is 1.48. The SMILES string of the molecule is CC(C)C(C)Nc1ccc(-n2cncn2)cc1. The lowest BCUT2D eigenvalue weighted by Crippen LogP contribution is -2.21. The van der Waals surface area contributed by atoms with Gasteiger partial charge in [0, 0.05) is 11.7 Å². The van der Waals surface area contributed by atoms with Gasteiger partial charge in [0.05, 0.1) is 5.69 Å². The first kappa shape index (κ1) is 11.6. The molecule has 0 bridgehead atoms. The zero-order valence-corrected chi connectivity index (χ0v) is 10.5. The van der Waals surface area contributed by atoms with Gasteiger partial charge in [-0.3, -0.25) is 0 Å². The molecule has 0 spiro atoms. The van der Waals surface area contributed by atoms with Gasteiger partial charge in [-0.1, -0.05) is 13.8 Å². The summed E-state index contributed by atoms with van der Waals surface area (Å²) in [6.07, 6.45) is 3.23. The van der Waals surface area contributed by atoms with Crippen LogP contribution in [0.25, 0.3) is 5.69 Å². The molecule has 0 aliphatic heterocycles. The van der Waals surface area contributed by atoms with E-state index in [2.05, 4.69) is 48.3 Å². The highest BCUT2D eigenvalue weighted by Gasteiger charge is 2.06. The highest BCUT2D eigenvalue weighted by atomic mass is 15.3. The van der Waals surface area contributed by atoms with Crippen molar-refractivity contribution in [3.05, 3.63) is 36.9 Å². The van der Waals surface area contributed by atoms with Crippen molar-refractivity contribution in [2.24, 2.45) is 5.92 Å². The number of nitrogens with one attached hydrogen (secondary N) is 1. The van der Waals surface area contributed by atoms with Crippen LogP contribution < -0.4 is 5.32 Å². The average Bonchev–Trinajstić information content (AvgIpc) is 2.83. The molecule has 4 heteroatoms. The number of aromatic nitrogens is 3. The molecular weight excluding hydrogens is 212 g/mol. The Morgan fingerprint density at radius 3 is 2.35 bits per heavy atom. The van der Waals surface area contributed by atoms with E-state index in [1.807, 2.05) is 12.1 Å². The second-order valence-corrected chi connectivity index (χ2v) is 4.56.